The largest absolute Gasteiger partial charge is 0.433 e. The molecule has 0 amide bonds. The second-order valence-electron chi connectivity index (χ2n) is 16.7. The lowest BCUT2D eigenvalue weighted by Crippen LogP contribution is -2.41. The quantitative estimate of drug-likeness (QED) is 0.151. The molecule has 6 heterocycles. The van der Waals surface area contributed by atoms with Gasteiger partial charge >= 0.3 is 18.5 Å². The van der Waals surface area contributed by atoms with Gasteiger partial charge in [-0.3, -0.25) is 0 Å². The Balaban J connectivity index is 0.000000224. The zero-order chi connectivity index (χ0) is 50.9. The first-order valence-electron chi connectivity index (χ1n) is 21.4. The molecule has 0 spiro atoms. The third-order valence-corrected chi connectivity index (χ3v) is 13.8. The van der Waals surface area contributed by atoms with Crippen molar-refractivity contribution in [2.24, 2.45) is 11.8 Å². The highest BCUT2D eigenvalue weighted by molar-refractivity contribution is 7.91. The molecule has 0 fully saturated rings. The van der Waals surface area contributed by atoms with Crippen LogP contribution in [-0.2, 0) is 71.0 Å². The van der Waals surface area contributed by atoms with E-state index in [-0.39, 0.29) is 35.6 Å². The molecule has 366 valence electrons. The second kappa shape index (κ2) is 23.0. The summed E-state index contributed by atoms with van der Waals surface area (Å²) in [5.41, 5.74) is 5.76. The predicted molar refractivity (Wildman–Crippen MR) is 248 cm³/mol. The van der Waals surface area contributed by atoms with E-state index in [0.717, 1.165) is 72.2 Å². The van der Waals surface area contributed by atoms with Crippen molar-refractivity contribution in [1.29, 1.82) is 0 Å². The van der Waals surface area contributed by atoms with Gasteiger partial charge in [0.15, 0.2) is 25.4 Å². The highest BCUT2D eigenvalue weighted by atomic mass is 35.5. The van der Waals surface area contributed by atoms with E-state index in [4.69, 9.17) is 35.8 Å². The van der Waals surface area contributed by atoms with Crippen molar-refractivity contribution < 1.29 is 49.2 Å². The lowest BCUT2D eigenvalue weighted by Gasteiger charge is -2.39. The maximum Gasteiger partial charge on any atom is 0.433 e. The van der Waals surface area contributed by atoms with Gasteiger partial charge < -0.3 is 19.4 Å². The molecular weight excluding hydrogens is 949 g/mol. The minimum absolute atomic E-state index is 0.0527. The van der Waals surface area contributed by atoms with E-state index in [2.05, 4.69) is 81.1 Å². The number of hydrogen-bond donors (Lipinski definition) is 1. The average Bonchev–Trinajstić information content (AvgIpc) is 3.84. The van der Waals surface area contributed by atoms with Gasteiger partial charge in [-0.15, -0.1) is 0 Å². The van der Waals surface area contributed by atoms with Crippen LogP contribution in [0.2, 0.25) is 5.28 Å². The molecule has 0 radical (unpaired) electrons. The molecule has 1 N–H and O–H groups in total. The Morgan fingerprint density at radius 3 is 1.69 bits per heavy atom. The van der Waals surface area contributed by atoms with Crippen LogP contribution in [0.25, 0.3) is 21.8 Å². The summed E-state index contributed by atoms with van der Waals surface area (Å²) in [4.78, 5) is 51.6. The van der Waals surface area contributed by atoms with E-state index in [1.54, 1.807) is 31.2 Å². The lowest BCUT2D eigenvalue weighted by atomic mass is 9.97. The third kappa shape index (κ3) is 13.0. The van der Waals surface area contributed by atoms with Crippen molar-refractivity contribution in [2.75, 3.05) is 30.5 Å². The fourth-order valence-corrected chi connectivity index (χ4v) is 9.69. The van der Waals surface area contributed by atoms with Crippen molar-refractivity contribution >= 4 is 71.3 Å². The number of aryl methyl sites for hydroxylation is 3. The van der Waals surface area contributed by atoms with Gasteiger partial charge in [-0.05, 0) is 85.2 Å². The van der Waals surface area contributed by atoms with Crippen LogP contribution in [0.1, 0.15) is 87.5 Å². The number of nitrogens with one attached hydrogen (secondary N) is 1. The summed E-state index contributed by atoms with van der Waals surface area (Å²) in [6, 6.07) is 15.6. The predicted octanol–water partition coefficient (Wildman–Crippen LogP) is 7.81. The number of rotatable bonds is 7. The van der Waals surface area contributed by atoms with Gasteiger partial charge in [-0.2, -0.15) is 32.3 Å². The average molecular weight is 1000 g/mol. The zero-order valence-electron chi connectivity index (χ0n) is 39.1. The first kappa shape index (κ1) is 54.8. The number of hydrogen-bond acceptors (Lipinski definition) is 14. The van der Waals surface area contributed by atoms with Gasteiger partial charge in [0.1, 0.15) is 0 Å². The van der Waals surface area contributed by atoms with Gasteiger partial charge in [0.25, 0.3) is 0 Å². The molecule has 2 unspecified atom stereocenters. The summed E-state index contributed by atoms with van der Waals surface area (Å²) < 4.78 is 88.8. The number of alkyl halides is 3. The van der Waals surface area contributed by atoms with E-state index >= 15 is 0 Å². The Kier molecular flexibility index (Phi) is 18.5. The van der Waals surface area contributed by atoms with Gasteiger partial charge in [0.05, 0.1) is 15.8 Å². The molecule has 0 bridgehead atoms. The summed E-state index contributed by atoms with van der Waals surface area (Å²) in [7, 11) is -6.40. The van der Waals surface area contributed by atoms with Crippen molar-refractivity contribution in [3.63, 3.8) is 0 Å². The number of carbonyl (C=O) groups excluding carboxylic acids is 4. The molecular formula is C46H54ClF3N8O8S2. The van der Waals surface area contributed by atoms with E-state index < -0.39 is 31.5 Å². The fraction of sp³-hybridized carbons (Fsp3) is 0.435. The van der Waals surface area contributed by atoms with Crippen LogP contribution in [-0.4, -0.2) is 83.8 Å². The van der Waals surface area contributed by atoms with Gasteiger partial charge in [0, 0.05) is 102 Å². The molecule has 4 aromatic heterocycles. The Morgan fingerprint density at radius 1 is 0.735 bits per heavy atom. The van der Waals surface area contributed by atoms with E-state index in [9.17, 15) is 30.0 Å². The second-order valence-corrected chi connectivity index (χ2v) is 21.0. The highest BCUT2D eigenvalue weighted by Crippen LogP contribution is 2.39. The molecule has 0 saturated carbocycles. The van der Waals surface area contributed by atoms with Crippen molar-refractivity contribution in [1.82, 2.24) is 34.4 Å². The number of fused-ring (bicyclic) bond motifs is 6. The standard InChI is InChI=1S/C22H28N4O2S.C15H20N2O2S.C7H6ClF3N2.2CO2/c1-6-16-13-23-22(24-15(16)4)26-10-9-25-19-12-18(29(5,27)28)8-7-17(19)11-20(25)21(26)14(2)3;1-10(2)15-14-8-11-4-5-12(20(3,18)19)9-13(11)17(14)7-6-16-15;1-2-4-3-12-6(8)13-5(4)7(9,10)11;2*2-1-3/h7-8,11-14,21H,6,9-10H2,1-5H3;4-5,8-10,15-16H,6-7H2,1-3H3;3H,2H2,1H3;;. The summed E-state index contributed by atoms with van der Waals surface area (Å²) in [6.45, 7) is 17.9. The van der Waals surface area contributed by atoms with Crippen LogP contribution in [0.5, 0.6) is 0 Å². The molecule has 8 rings (SSSR count). The molecule has 2 aliphatic rings. The number of sulfone groups is 2. The molecule has 22 heteroatoms. The minimum atomic E-state index is -4.46. The number of halogens is 4. The Labute approximate surface area is 398 Å². The van der Waals surface area contributed by atoms with Crippen LogP contribution < -0.4 is 10.2 Å². The zero-order valence-corrected chi connectivity index (χ0v) is 41.4. The molecule has 68 heavy (non-hydrogen) atoms. The molecule has 0 saturated heterocycles. The number of benzene rings is 2. The van der Waals surface area contributed by atoms with E-state index in [0.29, 0.717) is 27.7 Å². The van der Waals surface area contributed by atoms with Gasteiger partial charge in [-0.1, -0.05) is 53.7 Å². The topological polar surface area (TPSA) is 213 Å². The summed E-state index contributed by atoms with van der Waals surface area (Å²) >= 11 is 5.26. The number of anilines is 1. The SMILES string of the molecule is CC(C)C1NCCn2c1cc1ccc(S(C)(=O)=O)cc12.CCc1cnc(Cl)nc1C(F)(F)F.CCc1cnc(N2CCn3c(cc4ccc(S(C)(=O)=O)cc43)C2C(C)C)nc1C.O=C=O.O=C=O. The molecule has 2 aliphatic heterocycles. The Bertz CT molecular complexity index is 3020. The monoisotopic (exact) mass is 1000 g/mol. The van der Waals surface area contributed by atoms with Crippen LogP contribution >= 0.6 is 11.6 Å². The van der Waals surface area contributed by atoms with Gasteiger partial charge in [-0.25, -0.2) is 36.8 Å². The number of nitrogens with zero attached hydrogens (tertiary/aromatic N) is 7. The maximum atomic E-state index is 12.3. The summed E-state index contributed by atoms with van der Waals surface area (Å²) in [5.74, 6) is 1.63. The maximum absolute atomic E-state index is 12.3. The highest BCUT2D eigenvalue weighted by Gasteiger charge is 2.36. The molecule has 6 aromatic rings. The van der Waals surface area contributed by atoms with Crippen molar-refractivity contribution in [2.45, 2.75) is 102 Å². The van der Waals surface area contributed by atoms with Crippen LogP contribution in [0, 0.1) is 18.8 Å². The smallest absolute Gasteiger partial charge is 0.342 e. The van der Waals surface area contributed by atoms with Crippen molar-refractivity contribution in [3.8, 4) is 0 Å². The first-order chi connectivity index (χ1) is 31.9. The summed E-state index contributed by atoms with van der Waals surface area (Å²) in [6.07, 6.45) is 2.75. The summed E-state index contributed by atoms with van der Waals surface area (Å²) in [5, 5.41) is 5.34. The van der Waals surface area contributed by atoms with E-state index in [1.807, 2.05) is 25.3 Å². The fourth-order valence-electron chi connectivity index (χ4n) is 8.27. The Hall–Kier alpha value is -5.82. The van der Waals surface area contributed by atoms with Crippen LogP contribution in [0.15, 0.2) is 70.7 Å². The van der Waals surface area contributed by atoms with Crippen LogP contribution in [0.3, 0.4) is 0 Å². The Morgan fingerprint density at radius 2 is 1.24 bits per heavy atom. The minimum Gasteiger partial charge on any atom is -0.342 e. The molecule has 2 aromatic carbocycles. The third-order valence-electron chi connectivity index (χ3n) is 11.4. The van der Waals surface area contributed by atoms with Gasteiger partial charge in [0.2, 0.25) is 11.2 Å². The molecule has 2 atom stereocenters. The van der Waals surface area contributed by atoms with E-state index in [1.165, 1.54) is 29.5 Å². The first-order valence-corrected chi connectivity index (χ1v) is 25.6. The molecule has 0 aliphatic carbocycles. The molecule has 16 nitrogen and oxygen atoms in total. The lowest BCUT2D eigenvalue weighted by molar-refractivity contribution is -0.193. The number of aromatic nitrogens is 6. The normalized spacial score (nSPS) is 15.5. The van der Waals surface area contributed by atoms with Crippen molar-refractivity contribution in [3.05, 3.63) is 100 Å². The van der Waals surface area contributed by atoms with Crippen LogP contribution in [0.4, 0.5) is 19.1 Å².